The van der Waals surface area contributed by atoms with E-state index >= 15 is 0 Å². The smallest absolute Gasteiger partial charge is 0.251 e. The molecule has 24 heavy (non-hydrogen) atoms. The summed E-state index contributed by atoms with van der Waals surface area (Å²) in [5.74, 6) is 0.0229. The first-order valence-corrected chi connectivity index (χ1v) is 7.91. The van der Waals surface area contributed by atoms with Gasteiger partial charge in [0.2, 0.25) is 5.91 Å². The predicted molar refractivity (Wildman–Crippen MR) is 98.0 cm³/mol. The fourth-order valence-corrected chi connectivity index (χ4v) is 2.35. The third-order valence-corrected chi connectivity index (χ3v) is 3.67. The van der Waals surface area contributed by atoms with Crippen molar-refractivity contribution in [2.24, 2.45) is 0 Å². The summed E-state index contributed by atoms with van der Waals surface area (Å²) >= 11 is 0. The van der Waals surface area contributed by atoms with Gasteiger partial charge in [-0.15, -0.1) is 0 Å². The Morgan fingerprint density at radius 2 is 1.67 bits per heavy atom. The summed E-state index contributed by atoms with van der Waals surface area (Å²) < 4.78 is 0. The number of carbonyl (C=O) groups is 2. The molecule has 2 aromatic rings. The Balaban J connectivity index is 2.04. The van der Waals surface area contributed by atoms with Crippen LogP contribution in [0, 0.1) is 0 Å². The molecule has 0 saturated carbocycles. The Hall–Kier alpha value is -2.88. The van der Waals surface area contributed by atoms with Gasteiger partial charge >= 0.3 is 0 Å². The van der Waals surface area contributed by atoms with Crippen molar-refractivity contribution in [3.05, 3.63) is 71.3 Å². The maximum atomic E-state index is 12.1. The first kappa shape index (κ1) is 17.5. The number of anilines is 1. The molecule has 0 atom stereocenters. The van der Waals surface area contributed by atoms with E-state index in [-0.39, 0.29) is 11.8 Å². The summed E-state index contributed by atoms with van der Waals surface area (Å²) in [5.41, 5.74) is 3.38. The molecule has 0 fully saturated rings. The molecule has 2 rings (SSSR count). The molecule has 2 aromatic carbocycles. The molecule has 0 aliphatic carbocycles. The lowest BCUT2D eigenvalue weighted by Crippen LogP contribution is -2.17. The summed E-state index contributed by atoms with van der Waals surface area (Å²) in [6.45, 7) is 4.18. The molecule has 0 unspecified atom stereocenters. The van der Waals surface area contributed by atoms with Crippen molar-refractivity contribution in [3.8, 4) is 0 Å². The van der Waals surface area contributed by atoms with E-state index in [1.165, 1.54) is 6.08 Å². The average molecular weight is 322 g/mol. The largest absolute Gasteiger partial charge is 0.355 e. The van der Waals surface area contributed by atoms with Crippen molar-refractivity contribution in [2.75, 3.05) is 12.4 Å². The molecule has 0 aliphatic heterocycles. The van der Waals surface area contributed by atoms with Crippen LogP contribution in [0.2, 0.25) is 0 Å². The molecule has 0 radical (unpaired) electrons. The highest BCUT2D eigenvalue weighted by molar-refractivity contribution is 6.02. The van der Waals surface area contributed by atoms with Gasteiger partial charge in [0.25, 0.3) is 5.91 Å². The normalized spacial score (nSPS) is 10.8. The molecule has 0 aromatic heterocycles. The van der Waals surface area contributed by atoms with E-state index in [9.17, 15) is 9.59 Å². The van der Waals surface area contributed by atoms with Crippen molar-refractivity contribution in [1.82, 2.24) is 5.32 Å². The highest BCUT2D eigenvalue weighted by Gasteiger charge is 2.07. The minimum atomic E-state index is -0.182. The van der Waals surface area contributed by atoms with Gasteiger partial charge in [0.15, 0.2) is 0 Å². The molecule has 0 spiro atoms. The lowest BCUT2D eigenvalue weighted by Gasteiger charge is -2.12. The monoisotopic (exact) mass is 322 g/mol. The Morgan fingerprint density at radius 1 is 1.00 bits per heavy atom. The summed E-state index contributed by atoms with van der Waals surface area (Å²) in [6.07, 6.45) is 3.22. The maximum absolute atomic E-state index is 12.1. The van der Waals surface area contributed by atoms with Gasteiger partial charge in [-0.3, -0.25) is 9.59 Å². The van der Waals surface area contributed by atoms with Gasteiger partial charge in [0, 0.05) is 24.4 Å². The van der Waals surface area contributed by atoms with Gasteiger partial charge in [-0.2, -0.15) is 0 Å². The van der Waals surface area contributed by atoms with Crippen molar-refractivity contribution in [3.63, 3.8) is 0 Å². The summed E-state index contributed by atoms with van der Waals surface area (Å²) in [6, 6.07) is 14.8. The van der Waals surface area contributed by atoms with Crippen molar-refractivity contribution >= 4 is 23.6 Å². The Bertz CT molecular complexity index is 746. The molecule has 124 valence electrons. The van der Waals surface area contributed by atoms with Crippen LogP contribution in [0.3, 0.4) is 0 Å². The number of carbonyl (C=O) groups excluding carboxylic acids is 2. The van der Waals surface area contributed by atoms with E-state index in [1.807, 2.05) is 24.3 Å². The number of rotatable bonds is 5. The van der Waals surface area contributed by atoms with Crippen LogP contribution in [0.25, 0.3) is 6.08 Å². The van der Waals surface area contributed by atoms with Gasteiger partial charge < -0.3 is 10.6 Å². The van der Waals surface area contributed by atoms with Gasteiger partial charge in [-0.25, -0.2) is 0 Å². The van der Waals surface area contributed by atoms with Gasteiger partial charge in [-0.05, 0) is 41.3 Å². The van der Waals surface area contributed by atoms with E-state index in [0.29, 0.717) is 11.5 Å². The molecule has 0 bridgehead atoms. The number of para-hydroxylation sites is 1. The van der Waals surface area contributed by atoms with E-state index < -0.39 is 0 Å². The molecule has 4 nitrogen and oxygen atoms in total. The van der Waals surface area contributed by atoms with Gasteiger partial charge in [-0.1, -0.05) is 44.2 Å². The number of hydrogen-bond donors (Lipinski definition) is 2. The first-order valence-electron chi connectivity index (χ1n) is 7.91. The number of benzene rings is 2. The summed E-state index contributed by atoms with van der Waals surface area (Å²) in [7, 11) is 1.59. The van der Waals surface area contributed by atoms with Crippen LogP contribution in [-0.4, -0.2) is 18.9 Å². The summed E-state index contributed by atoms with van der Waals surface area (Å²) in [4.78, 5) is 23.6. The molecular formula is C20H22N2O2. The minimum absolute atomic E-state index is 0.131. The van der Waals surface area contributed by atoms with Crippen LogP contribution >= 0.6 is 0 Å². The molecule has 0 heterocycles. The molecule has 2 amide bonds. The summed E-state index contributed by atoms with van der Waals surface area (Å²) in [5, 5.41) is 5.48. The van der Waals surface area contributed by atoms with Gasteiger partial charge in [0.1, 0.15) is 0 Å². The minimum Gasteiger partial charge on any atom is -0.355 e. The van der Waals surface area contributed by atoms with Crippen LogP contribution in [0.4, 0.5) is 5.69 Å². The quantitative estimate of drug-likeness (QED) is 0.822. The van der Waals surface area contributed by atoms with E-state index in [4.69, 9.17) is 0 Å². The highest BCUT2D eigenvalue weighted by Crippen LogP contribution is 2.23. The maximum Gasteiger partial charge on any atom is 0.251 e. The van der Waals surface area contributed by atoms with Crippen LogP contribution in [0.1, 0.15) is 41.3 Å². The molecular weight excluding hydrogens is 300 g/mol. The topological polar surface area (TPSA) is 58.2 Å². The fraction of sp³-hybridized carbons (Fsp3) is 0.200. The first-order chi connectivity index (χ1) is 11.5. The second-order valence-corrected chi connectivity index (χ2v) is 5.77. The predicted octanol–water partition coefficient (Wildman–Crippen LogP) is 3.82. The molecule has 0 saturated heterocycles. The van der Waals surface area contributed by atoms with Crippen molar-refractivity contribution in [2.45, 2.75) is 19.8 Å². The van der Waals surface area contributed by atoms with Crippen LogP contribution in [0.15, 0.2) is 54.6 Å². The molecule has 4 heteroatoms. The highest BCUT2D eigenvalue weighted by atomic mass is 16.2. The van der Waals surface area contributed by atoms with Crippen LogP contribution in [0.5, 0.6) is 0 Å². The van der Waals surface area contributed by atoms with Crippen LogP contribution < -0.4 is 10.6 Å². The fourth-order valence-electron chi connectivity index (χ4n) is 2.35. The van der Waals surface area contributed by atoms with Crippen molar-refractivity contribution < 1.29 is 9.59 Å². The zero-order valence-corrected chi connectivity index (χ0v) is 14.2. The average Bonchev–Trinajstić information content (AvgIpc) is 2.60. The Morgan fingerprint density at radius 3 is 2.29 bits per heavy atom. The lowest BCUT2D eigenvalue weighted by atomic mass is 10.0. The zero-order chi connectivity index (χ0) is 17.5. The number of hydrogen-bond acceptors (Lipinski definition) is 2. The zero-order valence-electron chi connectivity index (χ0n) is 14.2. The van der Waals surface area contributed by atoms with Crippen molar-refractivity contribution in [1.29, 1.82) is 0 Å². The van der Waals surface area contributed by atoms with E-state index in [0.717, 1.165) is 16.8 Å². The lowest BCUT2D eigenvalue weighted by molar-refractivity contribution is -0.111. The van der Waals surface area contributed by atoms with E-state index in [2.05, 4.69) is 24.5 Å². The van der Waals surface area contributed by atoms with Crippen LogP contribution in [-0.2, 0) is 4.79 Å². The number of nitrogens with one attached hydrogen (secondary N) is 2. The third kappa shape index (κ3) is 4.56. The Kier molecular flexibility index (Phi) is 5.90. The SMILES string of the molecule is CNC(=O)c1ccc(/C=C/C(=O)Nc2ccccc2C(C)C)cc1. The Labute approximate surface area is 142 Å². The molecule has 2 N–H and O–H groups in total. The van der Waals surface area contributed by atoms with E-state index in [1.54, 1.807) is 37.4 Å². The van der Waals surface area contributed by atoms with Gasteiger partial charge in [0.05, 0.1) is 0 Å². The number of amides is 2. The molecule has 0 aliphatic rings. The second-order valence-electron chi connectivity index (χ2n) is 5.77. The standard InChI is InChI=1S/C20H22N2O2/c1-14(2)17-6-4-5-7-18(17)22-19(23)13-10-15-8-11-16(12-9-15)20(24)21-3/h4-14H,1-3H3,(H,21,24)(H,22,23)/b13-10+. The second kappa shape index (κ2) is 8.11. The third-order valence-electron chi connectivity index (χ3n) is 3.67.